The maximum atomic E-state index is 5.98. The van der Waals surface area contributed by atoms with E-state index >= 15 is 0 Å². The third-order valence-electron chi connectivity index (χ3n) is 3.60. The second-order valence-electron chi connectivity index (χ2n) is 5.17. The minimum Gasteiger partial charge on any atom is -0.363 e. The summed E-state index contributed by atoms with van der Waals surface area (Å²) in [5.74, 6) is 1.67. The molecule has 1 aliphatic carbocycles. The minimum atomic E-state index is 0.0402. The van der Waals surface area contributed by atoms with Crippen LogP contribution >= 0.6 is 15.9 Å². The smallest absolute Gasteiger partial charge is 0.126 e. The number of hydrogen-bond donors (Lipinski definition) is 2. The summed E-state index contributed by atoms with van der Waals surface area (Å²) in [5.41, 5.74) is 6.02. The SMILES string of the molecule is CC1CCCC(CN)(Nc2ccc(Br)cn2)C1. The van der Waals surface area contributed by atoms with E-state index in [4.69, 9.17) is 5.73 Å². The third kappa shape index (κ3) is 3.19. The molecule has 17 heavy (non-hydrogen) atoms. The molecule has 0 saturated heterocycles. The normalized spacial score (nSPS) is 29.0. The lowest BCUT2D eigenvalue weighted by Gasteiger charge is -2.40. The number of nitrogens with one attached hydrogen (secondary N) is 1. The van der Waals surface area contributed by atoms with Crippen molar-refractivity contribution in [3.8, 4) is 0 Å². The van der Waals surface area contributed by atoms with Gasteiger partial charge in [-0.15, -0.1) is 0 Å². The molecule has 0 amide bonds. The number of rotatable bonds is 3. The number of halogens is 1. The van der Waals surface area contributed by atoms with Crippen molar-refractivity contribution in [1.82, 2.24) is 4.98 Å². The standard InChI is InChI=1S/C13H20BrN3/c1-10-3-2-6-13(7-10,9-15)17-12-5-4-11(14)8-16-12/h4-5,8,10H,2-3,6-7,9,15H2,1H3,(H,16,17). The number of nitrogens with two attached hydrogens (primary N) is 1. The van der Waals surface area contributed by atoms with Gasteiger partial charge < -0.3 is 11.1 Å². The number of aromatic nitrogens is 1. The monoisotopic (exact) mass is 297 g/mol. The zero-order valence-electron chi connectivity index (χ0n) is 10.2. The largest absolute Gasteiger partial charge is 0.363 e. The highest BCUT2D eigenvalue weighted by molar-refractivity contribution is 9.10. The molecule has 0 spiro atoms. The summed E-state index contributed by atoms with van der Waals surface area (Å²) in [5, 5.41) is 3.54. The van der Waals surface area contributed by atoms with Crippen LogP contribution in [0.25, 0.3) is 0 Å². The minimum absolute atomic E-state index is 0.0402. The van der Waals surface area contributed by atoms with Crippen molar-refractivity contribution in [2.75, 3.05) is 11.9 Å². The predicted octanol–water partition coefficient (Wildman–Crippen LogP) is 3.16. The highest BCUT2D eigenvalue weighted by Gasteiger charge is 2.33. The van der Waals surface area contributed by atoms with Gasteiger partial charge in [0.25, 0.3) is 0 Å². The topological polar surface area (TPSA) is 50.9 Å². The van der Waals surface area contributed by atoms with Gasteiger partial charge in [0, 0.05) is 17.2 Å². The first-order valence-corrected chi connectivity index (χ1v) is 7.03. The molecule has 3 nitrogen and oxygen atoms in total. The second-order valence-corrected chi connectivity index (χ2v) is 6.09. The van der Waals surface area contributed by atoms with E-state index in [2.05, 4.69) is 33.2 Å². The summed E-state index contributed by atoms with van der Waals surface area (Å²) in [6.07, 6.45) is 6.67. The third-order valence-corrected chi connectivity index (χ3v) is 4.07. The van der Waals surface area contributed by atoms with Gasteiger partial charge in [-0.2, -0.15) is 0 Å². The van der Waals surface area contributed by atoms with Crippen molar-refractivity contribution in [2.24, 2.45) is 11.7 Å². The van der Waals surface area contributed by atoms with Crippen molar-refractivity contribution >= 4 is 21.7 Å². The second kappa shape index (κ2) is 5.36. The Hall–Kier alpha value is -0.610. The molecule has 2 atom stereocenters. The van der Waals surface area contributed by atoms with Crippen LogP contribution in [0.15, 0.2) is 22.8 Å². The van der Waals surface area contributed by atoms with E-state index in [9.17, 15) is 0 Å². The van der Waals surface area contributed by atoms with Crippen LogP contribution in [-0.4, -0.2) is 17.1 Å². The molecule has 3 N–H and O–H groups in total. The van der Waals surface area contributed by atoms with Crippen LogP contribution in [-0.2, 0) is 0 Å². The number of nitrogens with zero attached hydrogens (tertiary/aromatic N) is 1. The van der Waals surface area contributed by atoms with Crippen molar-refractivity contribution in [3.05, 3.63) is 22.8 Å². The Morgan fingerprint density at radius 2 is 2.41 bits per heavy atom. The molecular weight excluding hydrogens is 278 g/mol. The Labute approximate surface area is 111 Å². The summed E-state index contributed by atoms with van der Waals surface area (Å²) < 4.78 is 1.00. The van der Waals surface area contributed by atoms with Crippen molar-refractivity contribution < 1.29 is 0 Å². The molecule has 1 aromatic heterocycles. The van der Waals surface area contributed by atoms with E-state index in [-0.39, 0.29) is 5.54 Å². The van der Waals surface area contributed by atoms with Gasteiger partial charge >= 0.3 is 0 Å². The van der Waals surface area contributed by atoms with Crippen LogP contribution < -0.4 is 11.1 Å². The lowest BCUT2D eigenvalue weighted by Crippen LogP contribution is -2.48. The first-order chi connectivity index (χ1) is 8.13. The molecule has 94 valence electrons. The maximum absolute atomic E-state index is 5.98. The zero-order chi connectivity index (χ0) is 12.3. The van der Waals surface area contributed by atoms with Gasteiger partial charge in [0.2, 0.25) is 0 Å². The van der Waals surface area contributed by atoms with E-state index in [0.717, 1.165) is 29.1 Å². The lowest BCUT2D eigenvalue weighted by molar-refractivity contribution is 0.263. The van der Waals surface area contributed by atoms with Crippen LogP contribution in [0.1, 0.15) is 32.6 Å². The van der Waals surface area contributed by atoms with Gasteiger partial charge in [-0.25, -0.2) is 4.98 Å². The Bertz CT molecular complexity index is 365. The van der Waals surface area contributed by atoms with Gasteiger partial charge in [0.05, 0.1) is 5.54 Å². The van der Waals surface area contributed by atoms with E-state index in [1.54, 1.807) is 0 Å². The van der Waals surface area contributed by atoms with E-state index in [1.165, 1.54) is 12.8 Å². The molecule has 1 aromatic rings. The average Bonchev–Trinajstić information content (AvgIpc) is 2.32. The fraction of sp³-hybridized carbons (Fsp3) is 0.615. The molecule has 2 unspecified atom stereocenters. The van der Waals surface area contributed by atoms with Crippen molar-refractivity contribution in [1.29, 1.82) is 0 Å². The fourth-order valence-electron chi connectivity index (χ4n) is 2.73. The molecule has 0 aliphatic heterocycles. The van der Waals surface area contributed by atoms with Crippen LogP contribution in [0.4, 0.5) is 5.82 Å². The van der Waals surface area contributed by atoms with Crippen LogP contribution in [0.5, 0.6) is 0 Å². The molecule has 1 heterocycles. The Morgan fingerprint density at radius 1 is 1.59 bits per heavy atom. The van der Waals surface area contributed by atoms with Gasteiger partial charge in [0.15, 0.2) is 0 Å². The molecule has 2 rings (SSSR count). The summed E-state index contributed by atoms with van der Waals surface area (Å²) in [6, 6.07) is 4.01. The predicted molar refractivity (Wildman–Crippen MR) is 75.0 cm³/mol. The summed E-state index contributed by atoms with van der Waals surface area (Å²) >= 11 is 3.40. The first kappa shape index (κ1) is 12.8. The fourth-order valence-corrected chi connectivity index (χ4v) is 2.97. The van der Waals surface area contributed by atoms with E-state index in [0.29, 0.717) is 6.54 Å². The first-order valence-electron chi connectivity index (χ1n) is 6.23. The molecule has 0 radical (unpaired) electrons. The molecule has 0 bridgehead atoms. The van der Waals surface area contributed by atoms with Crippen molar-refractivity contribution in [2.45, 2.75) is 38.1 Å². The van der Waals surface area contributed by atoms with E-state index < -0.39 is 0 Å². The number of pyridine rings is 1. The Balaban J connectivity index is 2.10. The molecule has 1 aliphatic rings. The van der Waals surface area contributed by atoms with E-state index in [1.807, 2.05) is 18.3 Å². The molecule has 0 aromatic carbocycles. The van der Waals surface area contributed by atoms with Gasteiger partial charge in [-0.3, -0.25) is 0 Å². The maximum Gasteiger partial charge on any atom is 0.126 e. The van der Waals surface area contributed by atoms with Crippen LogP contribution in [0, 0.1) is 5.92 Å². The average molecular weight is 298 g/mol. The molecule has 4 heteroatoms. The summed E-state index contributed by atoms with van der Waals surface area (Å²) in [7, 11) is 0. The Kier molecular flexibility index (Phi) is 4.05. The van der Waals surface area contributed by atoms with Crippen molar-refractivity contribution in [3.63, 3.8) is 0 Å². The van der Waals surface area contributed by atoms with Crippen LogP contribution in [0.3, 0.4) is 0 Å². The number of anilines is 1. The molecule has 1 fully saturated rings. The zero-order valence-corrected chi connectivity index (χ0v) is 11.8. The lowest BCUT2D eigenvalue weighted by atomic mass is 9.76. The summed E-state index contributed by atoms with van der Waals surface area (Å²) in [6.45, 7) is 2.98. The van der Waals surface area contributed by atoms with Gasteiger partial charge in [-0.05, 0) is 46.8 Å². The molecular formula is C13H20BrN3. The Morgan fingerprint density at radius 3 is 3.00 bits per heavy atom. The van der Waals surface area contributed by atoms with Crippen LogP contribution in [0.2, 0.25) is 0 Å². The highest BCUT2D eigenvalue weighted by atomic mass is 79.9. The number of hydrogen-bond acceptors (Lipinski definition) is 3. The van der Waals surface area contributed by atoms with Gasteiger partial charge in [-0.1, -0.05) is 19.8 Å². The highest BCUT2D eigenvalue weighted by Crippen LogP contribution is 2.34. The summed E-state index contributed by atoms with van der Waals surface area (Å²) in [4.78, 5) is 4.38. The quantitative estimate of drug-likeness (QED) is 0.901. The van der Waals surface area contributed by atoms with Gasteiger partial charge in [0.1, 0.15) is 5.82 Å². The molecule has 1 saturated carbocycles.